The Morgan fingerprint density at radius 3 is 2.30 bits per heavy atom. The second-order valence-corrected chi connectivity index (χ2v) is 7.37. The first kappa shape index (κ1) is 19.7. The summed E-state index contributed by atoms with van der Waals surface area (Å²) in [4.78, 5) is 0. The Hall–Kier alpha value is -2.03. The molecule has 0 nitrogen and oxygen atoms in total. The first-order valence-corrected chi connectivity index (χ1v) is 10.0. The number of allylic oxidation sites excluding steroid dienone is 2. The maximum Gasteiger partial charge on any atom is 0.167 e. The predicted octanol–water partition coefficient (Wildman–Crippen LogP) is 7.33. The third kappa shape index (κ3) is 4.12. The normalized spacial score (nSPS) is 13.4. The molecule has 1 aliphatic carbocycles. The van der Waals surface area contributed by atoms with Gasteiger partial charge in [-0.05, 0) is 48.8 Å². The van der Waals surface area contributed by atoms with Gasteiger partial charge in [-0.15, -0.1) is 0 Å². The van der Waals surface area contributed by atoms with Gasteiger partial charge in [0.2, 0.25) is 0 Å². The van der Waals surface area contributed by atoms with Crippen molar-refractivity contribution in [3.63, 3.8) is 0 Å². The minimum atomic E-state index is -0.962. The highest BCUT2D eigenvalue weighted by Gasteiger charge is 2.21. The van der Waals surface area contributed by atoms with Crippen LogP contribution in [0.15, 0.2) is 35.9 Å². The molecule has 0 heterocycles. The Balaban J connectivity index is 1.84. The molecular weight excluding hydrogens is 345 g/mol. The van der Waals surface area contributed by atoms with E-state index in [2.05, 4.69) is 13.0 Å². The van der Waals surface area contributed by atoms with E-state index >= 15 is 4.39 Å². The van der Waals surface area contributed by atoms with Crippen molar-refractivity contribution in [1.82, 2.24) is 0 Å². The minimum absolute atomic E-state index is 0.000609. The number of halogens is 3. The number of aryl methyl sites for hydroxylation is 1. The van der Waals surface area contributed by atoms with Gasteiger partial charge < -0.3 is 0 Å². The summed E-state index contributed by atoms with van der Waals surface area (Å²) in [5, 5.41) is 0. The molecule has 0 saturated carbocycles. The lowest BCUT2D eigenvalue weighted by molar-refractivity contribution is 0.501. The van der Waals surface area contributed by atoms with Crippen LogP contribution in [0.5, 0.6) is 0 Å². The Morgan fingerprint density at radius 2 is 1.56 bits per heavy atom. The van der Waals surface area contributed by atoms with Crippen LogP contribution in [0.25, 0.3) is 11.1 Å². The van der Waals surface area contributed by atoms with E-state index in [1.54, 1.807) is 19.1 Å². The SMILES string of the molecule is CCCCCCC1=CCc2c(ccc(-c3ccc(CC)c(F)c3F)c2F)C1. The molecule has 0 spiro atoms. The third-order valence-electron chi connectivity index (χ3n) is 5.54. The number of hydrogen-bond acceptors (Lipinski definition) is 0. The first-order chi connectivity index (χ1) is 13.1. The van der Waals surface area contributed by atoms with Crippen LogP contribution in [0, 0.1) is 17.5 Å². The van der Waals surface area contributed by atoms with Gasteiger partial charge in [-0.3, -0.25) is 0 Å². The molecule has 0 amide bonds. The van der Waals surface area contributed by atoms with Crippen molar-refractivity contribution in [3.8, 4) is 11.1 Å². The van der Waals surface area contributed by atoms with E-state index in [1.165, 1.54) is 37.3 Å². The van der Waals surface area contributed by atoms with Crippen molar-refractivity contribution in [2.75, 3.05) is 0 Å². The molecule has 1 aliphatic rings. The number of benzene rings is 2. The number of rotatable bonds is 7. The quantitative estimate of drug-likeness (QED) is 0.352. The molecule has 0 aromatic heterocycles. The molecule has 2 aromatic carbocycles. The number of unbranched alkanes of at least 4 members (excludes halogenated alkanes) is 3. The molecule has 3 heteroatoms. The zero-order valence-electron chi connectivity index (χ0n) is 16.2. The first-order valence-electron chi connectivity index (χ1n) is 10.0. The Bertz CT molecular complexity index is 849. The van der Waals surface area contributed by atoms with Crippen LogP contribution in [0.3, 0.4) is 0 Å². The van der Waals surface area contributed by atoms with Gasteiger partial charge in [-0.1, -0.05) is 69.0 Å². The lowest BCUT2D eigenvalue weighted by Crippen LogP contribution is -2.08. The largest absolute Gasteiger partial charge is 0.206 e. The zero-order chi connectivity index (χ0) is 19.4. The molecule has 0 saturated heterocycles. The summed E-state index contributed by atoms with van der Waals surface area (Å²) >= 11 is 0. The maximum absolute atomic E-state index is 15.1. The molecule has 0 atom stereocenters. The fourth-order valence-corrected chi connectivity index (χ4v) is 3.86. The van der Waals surface area contributed by atoms with Gasteiger partial charge in [0.1, 0.15) is 5.82 Å². The van der Waals surface area contributed by atoms with Crippen molar-refractivity contribution >= 4 is 0 Å². The van der Waals surface area contributed by atoms with Crippen LogP contribution in [-0.4, -0.2) is 0 Å². The van der Waals surface area contributed by atoms with Gasteiger partial charge >= 0.3 is 0 Å². The second kappa shape index (κ2) is 8.77. The Labute approximate surface area is 160 Å². The molecule has 2 aromatic rings. The van der Waals surface area contributed by atoms with Crippen LogP contribution in [0.4, 0.5) is 13.2 Å². The monoisotopic (exact) mass is 372 g/mol. The number of fused-ring (bicyclic) bond motifs is 1. The van der Waals surface area contributed by atoms with Crippen LogP contribution < -0.4 is 0 Å². The summed E-state index contributed by atoms with van der Waals surface area (Å²) in [6.45, 7) is 3.96. The Morgan fingerprint density at radius 1 is 0.815 bits per heavy atom. The summed E-state index contributed by atoms with van der Waals surface area (Å²) in [5.41, 5.74) is 3.40. The van der Waals surface area contributed by atoms with E-state index in [0.29, 0.717) is 24.0 Å². The van der Waals surface area contributed by atoms with E-state index < -0.39 is 17.5 Å². The van der Waals surface area contributed by atoms with Gasteiger partial charge in [0.15, 0.2) is 11.6 Å². The van der Waals surface area contributed by atoms with Gasteiger partial charge in [0.05, 0.1) is 0 Å². The fourth-order valence-electron chi connectivity index (χ4n) is 3.86. The van der Waals surface area contributed by atoms with Crippen molar-refractivity contribution in [3.05, 3.63) is 70.1 Å². The Kier molecular flexibility index (Phi) is 6.41. The zero-order valence-corrected chi connectivity index (χ0v) is 16.2. The summed E-state index contributed by atoms with van der Waals surface area (Å²) in [7, 11) is 0. The third-order valence-corrected chi connectivity index (χ3v) is 5.54. The van der Waals surface area contributed by atoms with E-state index in [0.717, 1.165) is 18.4 Å². The van der Waals surface area contributed by atoms with Gasteiger partial charge in [0, 0.05) is 11.1 Å². The van der Waals surface area contributed by atoms with E-state index in [-0.39, 0.29) is 11.1 Å². The highest BCUT2D eigenvalue weighted by molar-refractivity contribution is 5.67. The summed E-state index contributed by atoms with van der Waals surface area (Å²) in [6, 6.07) is 6.50. The molecule has 0 unspecified atom stereocenters. The van der Waals surface area contributed by atoms with E-state index in [9.17, 15) is 8.78 Å². The molecule has 0 aliphatic heterocycles. The van der Waals surface area contributed by atoms with Crippen molar-refractivity contribution < 1.29 is 13.2 Å². The average molecular weight is 372 g/mol. The molecular formula is C24H27F3. The maximum atomic E-state index is 15.1. The van der Waals surface area contributed by atoms with Gasteiger partial charge in [0.25, 0.3) is 0 Å². The van der Waals surface area contributed by atoms with Crippen molar-refractivity contribution in [2.45, 2.75) is 65.2 Å². The van der Waals surface area contributed by atoms with Gasteiger partial charge in [-0.2, -0.15) is 0 Å². The second-order valence-electron chi connectivity index (χ2n) is 7.37. The number of hydrogen-bond donors (Lipinski definition) is 0. The van der Waals surface area contributed by atoms with Crippen LogP contribution >= 0.6 is 0 Å². The minimum Gasteiger partial charge on any atom is -0.206 e. The molecule has 27 heavy (non-hydrogen) atoms. The van der Waals surface area contributed by atoms with Crippen LogP contribution in [0.2, 0.25) is 0 Å². The molecule has 3 rings (SSSR count). The predicted molar refractivity (Wildman–Crippen MR) is 105 cm³/mol. The lowest BCUT2D eigenvalue weighted by atomic mass is 9.86. The van der Waals surface area contributed by atoms with Crippen LogP contribution in [-0.2, 0) is 19.3 Å². The smallest absolute Gasteiger partial charge is 0.167 e. The molecule has 0 fully saturated rings. The summed E-state index contributed by atoms with van der Waals surface area (Å²) in [5.74, 6) is -2.26. The summed E-state index contributed by atoms with van der Waals surface area (Å²) < 4.78 is 43.7. The molecule has 0 N–H and O–H groups in total. The van der Waals surface area contributed by atoms with Crippen LogP contribution in [0.1, 0.15) is 62.6 Å². The van der Waals surface area contributed by atoms with E-state index in [1.807, 2.05) is 6.07 Å². The van der Waals surface area contributed by atoms with E-state index in [4.69, 9.17) is 0 Å². The summed E-state index contributed by atoms with van der Waals surface area (Å²) in [6.07, 6.45) is 9.71. The lowest BCUT2D eigenvalue weighted by Gasteiger charge is -2.20. The topological polar surface area (TPSA) is 0 Å². The molecule has 0 bridgehead atoms. The highest BCUT2D eigenvalue weighted by Crippen LogP contribution is 2.34. The molecule has 144 valence electrons. The van der Waals surface area contributed by atoms with Crippen molar-refractivity contribution in [2.24, 2.45) is 0 Å². The van der Waals surface area contributed by atoms with Gasteiger partial charge in [-0.25, -0.2) is 13.2 Å². The standard InChI is InChI=1S/C24H27F3/c1-3-5-6-7-8-16-9-12-19-18(15-16)11-14-20(23(19)26)21-13-10-17(4-2)22(25)24(21)27/h9-11,13-14H,3-8,12,15H2,1-2H3. The average Bonchev–Trinajstić information content (AvgIpc) is 2.68. The fraction of sp³-hybridized carbons (Fsp3) is 0.417. The van der Waals surface area contributed by atoms with Crippen molar-refractivity contribution in [1.29, 1.82) is 0 Å². The highest BCUT2D eigenvalue weighted by atomic mass is 19.2. The molecule has 0 radical (unpaired) electrons.